The largest absolute Gasteiger partial charge is 0.393 e. The second kappa shape index (κ2) is 10.0. The van der Waals surface area contributed by atoms with Gasteiger partial charge in [-0.3, -0.25) is 14.2 Å². The van der Waals surface area contributed by atoms with E-state index < -0.39 is 6.10 Å². The van der Waals surface area contributed by atoms with Crippen molar-refractivity contribution in [1.82, 2.24) is 14.8 Å². The number of amides is 2. The molecule has 8 nitrogen and oxygen atoms in total. The predicted molar refractivity (Wildman–Crippen MR) is 117 cm³/mol. The maximum Gasteiger partial charge on any atom is 0.234 e. The van der Waals surface area contributed by atoms with Crippen LogP contribution in [0.4, 0.5) is 11.4 Å². The highest BCUT2D eigenvalue weighted by Gasteiger charge is 2.17. The van der Waals surface area contributed by atoms with Crippen molar-refractivity contribution in [3.05, 3.63) is 60.4 Å². The Morgan fingerprint density at radius 2 is 1.67 bits per heavy atom. The van der Waals surface area contributed by atoms with Gasteiger partial charge in [-0.15, -0.1) is 10.2 Å². The van der Waals surface area contributed by atoms with E-state index in [1.54, 1.807) is 31.2 Å². The van der Waals surface area contributed by atoms with Crippen molar-refractivity contribution in [2.45, 2.75) is 31.5 Å². The average Bonchev–Trinajstić information content (AvgIpc) is 3.10. The molecular weight excluding hydrogens is 402 g/mol. The Bertz CT molecular complexity index is 1000. The number of hydrogen-bond acceptors (Lipinski definition) is 6. The number of carbonyl (C=O) groups excluding carboxylic acids is 2. The molecule has 0 aliphatic rings. The lowest BCUT2D eigenvalue weighted by Crippen LogP contribution is -2.15. The van der Waals surface area contributed by atoms with Crippen molar-refractivity contribution in [3.8, 4) is 5.69 Å². The van der Waals surface area contributed by atoms with Gasteiger partial charge in [-0.1, -0.05) is 30.0 Å². The quantitative estimate of drug-likeness (QED) is 0.479. The number of aliphatic hydroxyl groups excluding tert-OH is 1. The molecule has 0 aliphatic carbocycles. The number of benzene rings is 2. The maximum atomic E-state index is 12.4. The Kier molecular flexibility index (Phi) is 7.21. The molecule has 0 saturated heterocycles. The van der Waals surface area contributed by atoms with E-state index in [0.29, 0.717) is 28.8 Å². The highest BCUT2D eigenvalue weighted by molar-refractivity contribution is 7.99. The van der Waals surface area contributed by atoms with Crippen LogP contribution in [-0.4, -0.2) is 43.5 Å². The molecule has 0 aliphatic heterocycles. The predicted octanol–water partition coefficient (Wildman–Crippen LogP) is 2.88. The normalized spacial score (nSPS) is 11.7. The summed E-state index contributed by atoms with van der Waals surface area (Å²) in [6, 6.07) is 16.5. The molecule has 0 unspecified atom stereocenters. The van der Waals surface area contributed by atoms with E-state index in [1.165, 1.54) is 18.7 Å². The van der Waals surface area contributed by atoms with Gasteiger partial charge in [-0.05, 0) is 43.3 Å². The van der Waals surface area contributed by atoms with Crippen molar-refractivity contribution < 1.29 is 14.7 Å². The number of aliphatic hydroxyl groups is 1. The van der Waals surface area contributed by atoms with E-state index in [4.69, 9.17) is 0 Å². The lowest BCUT2D eigenvalue weighted by molar-refractivity contribution is -0.114. The summed E-state index contributed by atoms with van der Waals surface area (Å²) in [7, 11) is 0. The molecule has 1 heterocycles. The first-order valence-corrected chi connectivity index (χ1v) is 10.4. The minimum absolute atomic E-state index is 0.146. The molecule has 9 heteroatoms. The molecule has 3 aromatic rings. The summed E-state index contributed by atoms with van der Waals surface area (Å²) in [4.78, 5) is 23.5. The van der Waals surface area contributed by atoms with Crippen LogP contribution in [0.5, 0.6) is 0 Å². The molecule has 156 valence electrons. The Morgan fingerprint density at radius 1 is 1.03 bits per heavy atom. The first-order chi connectivity index (χ1) is 14.4. The standard InChI is InChI=1S/C21H23N5O3S/c1-14(27)12-19-24-25-21(26(19)18-6-4-3-5-7-18)30-13-20(29)23-17-10-8-16(9-11-17)22-15(2)28/h3-11,14,27H,12-13H2,1-2H3,(H,22,28)(H,23,29)/t14-/m1/s1. The number of rotatable bonds is 8. The van der Waals surface area contributed by atoms with Gasteiger partial charge < -0.3 is 15.7 Å². The summed E-state index contributed by atoms with van der Waals surface area (Å²) in [5, 5.41) is 24.2. The zero-order valence-corrected chi connectivity index (χ0v) is 17.5. The smallest absolute Gasteiger partial charge is 0.234 e. The molecule has 3 N–H and O–H groups in total. The Morgan fingerprint density at radius 3 is 2.27 bits per heavy atom. The summed E-state index contributed by atoms with van der Waals surface area (Å²) in [5.74, 6) is 0.438. The molecule has 30 heavy (non-hydrogen) atoms. The zero-order chi connectivity index (χ0) is 21.5. The lowest BCUT2D eigenvalue weighted by atomic mass is 10.2. The van der Waals surface area contributed by atoms with Crippen molar-refractivity contribution in [2.24, 2.45) is 0 Å². The van der Waals surface area contributed by atoms with E-state index in [9.17, 15) is 14.7 Å². The average molecular weight is 426 g/mol. The van der Waals surface area contributed by atoms with Gasteiger partial charge in [-0.2, -0.15) is 0 Å². The number of nitrogens with zero attached hydrogens (tertiary/aromatic N) is 3. The number of carbonyl (C=O) groups is 2. The van der Waals surface area contributed by atoms with Gasteiger partial charge in [0.2, 0.25) is 11.8 Å². The molecule has 0 radical (unpaired) electrons. The fourth-order valence-corrected chi connectivity index (χ4v) is 3.56. The molecule has 0 saturated carbocycles. The highest BCUT2D eigenvalue weighted by Crippen LogP contribution is 2.23. The summed E-state index contributed by atoms with van der Waals surface area (Å²) in [6.07, 6.45) is -0.201. The van der Waals surface area contributed by atoms with E-state index in [0.717, 1.165) is 5.69 Å². The highest BCUT2D eigenvalue weighted by atomic mass is 32.2. The number of anilines is 2. The summed E-state index contributed by atoms with van der Waals surface area (Å²) < 4.78 is 1.85. The Hall–Kier alpha value is -3.17. The third kappa shape index (κ3) is 5.91. The van der Waals surface area contributed by atoms with Crippen molar-refractivity contribution in [2.75, 3.05) is 16.4 Å². The van der Waals surface area contributed by atoms with Gasteiger partial charge >= 0.3 is 0 Å². The van der Waals surface area contributed by atoms with E-state index >= 15 is 0 Å². The molecule has 2 amide bonds. The topological polar surface area (TPSA) is 109 Å². The number of para-hydroxylation sites is 1. The van der Waals surface area contributed by atoms with Gasteiger partial charge in [0, 0.05) is 30.4 Å². The molecule has 2 aromatic carbocycles. The molecule has 0 fully saturated rings. The summed E-state index contributed by atoms with van der Waals surface area (Å²) in [5.41, 5.74) is 2.17. The van der Waals surface area contributed by atoms with E-state index in [2.05, 4.69) is 20.8 Å². The third-order valence-electron chi connectivity index (χ3n) is 4.01. The SMILES string of the molecule is CC(=O)Nc1ccc(NC(=O)CSc2nnc(C[C@@H](C)O)n2-c2ccccc2)cc1. The monoisotopic (exact) mass is 425 g/mol. The zero-order valence-electron chi connectivity index (χ0n) is 16.7. The van der Waals surface area contributed by atoms with Crippen LogP contribution in [0.2, 0.25) is 0 Å². The minimum Gasteiger partial charge on any atom is -0.393 e. The Balaban J connectivity index is 1.67. The van der Waals surface area contributed by atoms with Crippen molar-refractivity contribution >= 4 is 35.0 Å². The first kappa shape index (κ1) is 21.5. The van der Waals surface area contributed by atoms with Crippen LogP contribution < -0.4 is 10.6 Å². The molecule has 0 bridgehead atoms. The fraction of sp³-hybridized carbons (Fsp3) is 0.238. The number of thioether (sulfide) groups is 1. The maximum absolute atomic E-state index is 12.4. The fourth-order valence-electron chi connectivity index (χ4n) is 2.79. The van der Waals surface area contributed by atoms with Crippen molar-refractivity contribution in [1.29, 1.82) is 0 Å². The van der Waals surface area contributed by atoms with Crippen LogP contribution >= 0.6 is 11.8 Å². The summed E-state index contributed by atoms with van der Waals surface area (Å²) >= 11 is 1.27. The van der Waals surface area contributed by atoms with Crippen LogP contribution in [0.15, 0.2) is 59.8 Å². The van der Waals surface area contributed by atoms with Gasteiger partial charge in [0.05, 0.1) is 11.9 Å². The summed E-state index contributed by atoms with van der Waals surface area (Å²) in [6.45, 7) is 3.13. The number of nitrogens with one attached hydrogen (secondary N) is 2. The second-order valence-corrected chi connectivity index (χ2v) is 7.66. The van der Waals surface area contributed by atoms with Crippen LogP contribution in [-0.2, 0) is 16.0 Å². The first-order valence-electron chi connectivity index (χ1n) is 9.40. The van der Waals surface area contributed by atoms with Gasteiger partial charge in [0.15, 0.2) is 5.16 Å². The van der Waals surface area contributed by atoms with Crippen LogP contribution in [0.25, 0.3) is 5.69 Å². The molecule has 3 rings (SSSR count). The van der Waals surface area contributed by atoms with Gasteiger partial charge in [0.1, 0.15) is 5.82 Å². The second-order valence-electron chi connectivity index (χ2n) is 6.72. The minimum atomic E-state index is -0.557. The van der Waals surface area contributed by atoms with E-state index in [-0.39, 0.29) is 17.6 Å². The van der Waals surface area contributed by atoms with Crippen molar-refractivity contribution in [3.63, 3.8) is 0 Å². The van der Waals surface area contributed by atoms with Gasteiger partial charge in [-0.25, -0.2) is 0 Å². The number of hydrogen-bond donors (Lipinski definition) is 3. The molecule has 0 spiro atoms. The Labute approximate surface area is 178 Å². The molecule has 1 atom stereocenters. The van der Waals surface area contributed by atoms with E-state index in [1.807, 2.05) is 34.9 Å². The van der Waals surface area contributed by atoms with Gasteiger partial charge in [0.25, 0.3) is 0 Å². The van der Waals surface area contributed by atoms with Crippen LogP contribution in [0.3, 0.4) is 0 Å². The van der Waals surface area contributed by atoms with Crippen LogP contribution in [0, 0.1) is 0 Å². The van der Waals surface area contributed by atoms with Crippen LogP contribution in [0.1, 0.15) is 19.7 Å². The number of aromatic nitrogens is 3. The lowest BCUT2D eigenvalue weighted by Gasteiger charge is -2.11. The third-order valence-corrected chi connectivity index (χ3v) is 4.94. The molecule has 1 aromatic heterocycles. The molecular formula is C21H23N5O3S.